The first-order valence-electron chi connectivity index (χ1n) is 6.14. The van der Waals surface area contributed by atoms with E-state index in [1.54, 1.807) is 0 Å². The van der Waals surface area contributed by atoms with Gasteiger partial charge in [-0.2, -0.15) is 0 Å². The first-order chi connectivity index (χ1) is 8.48. The van der Waals surface area contributed by atoms with Crippen LogP contribution in [0.2, 0.25) is 0 Å². The van der Waals surface area contributed by atoms with Gasteiger partial charge in [0.25, 0.3) is 5.56 Å². The number of aliphatic hydroxyl groups is 1. The molecule has 0 aliphatic carbocycles. The lowest BCUT2D eigenvalue weighted by Crippen LogP contribution is -2.37. The maximum absolute atomic E-state index is 11.5. The minimum Gasteiger partial charge on any atom is -0.386 e. The summed E-state index contributed by atoms with van der Waals surface area (Å²) in [6.45, 7) is 5.14. The molecule has 1 unspecified atom stereocenters. The Bertz CT molecular complexity index is 464. The van der Waals surface area contributed by atoms with Crippen molar-refractivity contribution in [2.24, 2.45) is 0 Å². The van der Waals surface area contributed by atoms with Crippen LogP contribution in [0.15, 0.2) is 10.9 Å². The van der Waals surface area contributed by atoms with Crippen LogP contribution in [-0.4, -0.2) is 40.4 Å². The molecular weight excluding hydrogens is 234 g/mol. The predicted octanol–water partition coefficient (Wildman–Crippen LogP) is 0.457. The Balaban J connectivity index is 2.07. The molecule has 1 atom stereocenters. The second-order valence-electron chi connectivity index (χ2n) is 5.05. The molecule has 0 radical (unpaired) electrons. The van der Waals surface area contributed by atoms with Gasteiger partial charge in [0.05, 0.1) is 6.61 Å². The van der Waals surface area contributed by atoms with Crippen LogP contribution in [0.3, 0.4) is 0 Å². The van der Waals surface area contributed by atoms with Crippen molar-refractivity contribution in [2.75, 3.05) is 25.1 Å². The molecule has 1 aromatic heterocycles. The number of rotatable bonds is 4. The summed E-state index contributed by atoms with van der Waals surface area (Å²) in [5.74, 6) is 1.28. The van der Waals surface area contributed by atoms with E-state index in [9.17, 15) is 9.90 Å². The molecule has 1 aromatic rings. The summed E-state index contributed by atoms with van der Waals surface area (Å²) in [6, 6.07) is 1.39. The number of hydrogen-bond donors (Lipinski definition) is 3. The molecule has 1 fully saturated rings. The fourth-order valence-corrected chi connectivity index (χ4v) is 1.83. The minimum atomic E-state index is -0.859. The van der Waals surface area contributed by atoms with Crippen molar-refractivity contribution < 1.29 is 9.84 Å². The first kappa shape index (κ1) is 13.0. The standard InChI is InChI=1S/C12H19N3O3/c1-8(2)11-14-9(5-10(16)15-11)13-6-12(17)3-4-18-7-12/h5,8,17H,3-4,6-7H2,1-2H3,(H2,13,14,15,16). The third-order valence-electron chi connectivity index (χ3n) is 2.99. The highest BCUT2D eigenvalue weighted by atomic mass is 16.5. The topological polar surface area (TPSA) is 87.2 Å². The summed E-state index contributed by atoms with van der Waals surface area (Å²) >= 11 is 0. The molecule has 1 saturated heterocycles. The van der Waals surface area contributed by atoms with E-state index >= 15 is 0 Å². The smallest absolute Gasteiger partial charge is 0.252 e. The average molecular weight is 253 g/mol. The molecule has 0 saturated carbocycles. The van der Waals surface area contributed by atoms with E-state index in [1.807, 2.05) is 13.8 Å². The molecule has 6 nitrogen and oxygen atoms in total. The van der Waals surface area contributed by atoms with Crippen molar-refractivity contribution in [1.29, 1.82) is 0 Å². The molecule has 18 heavy (non-hydrogen) atoms. The normalized spacial score (nSPS) is 23.6. The maximum Gasteiger partial charge on any atom is 0.252 e. The number of ether oxygens (including phenoxy) is 1. The molecule has 0 bridgehead atoms. The highest BCUT2D eigenvalue weighted by Crippen LogP contribution is 2.18. The van der Waals surface area contributed by atoms with Crippen LogP contribution in [0.25, 0.3) is 0 Å². The number of nitrogens with one attached hydrogen (secondary N) is 2. The fourth-order valence-electron chi connectivity index (χ4n) is 1.83. The zero-order valence-electron chi connectivity index (χ0n) is 10.7. The van der Waals surface area contributed by atoms with E-state index < -0.39 is 5.60 Å². The van der Waals surface area contributed by atoms with Gasteiger partial charge in [0.15, 0.2) is 0 Å². The van der Waals surface area contributed by atoms with E-state index in [-0.39, 0.29) is 11.5 Å². The van der Waals surface area contributed by atoms with Gasteiger partial charge in [0.1, 0.15) is 17.2 Å². The Kier molecular flexibility index (Phi) is 3.68. The Hall–Kier alpha value is -1.40. The third kappa shape index (κ3) is 3.08. The molecule has 0 aromatic carbocycles. The van der Waals surface area contributed by atoms with Gasteiger partial charge in [-0.15, -0.1) is 0 Å². The van der Waals surface area contributed by atoms with Crippen LogP contribution in [0.5, 0.6) is 0 Å². The summed E-state index contributed by atoms with van der Waals surface area (Å²) in [6.07, 6.45) is 0.597. The molecule has 1 aliphatic rings. The zero-order valence-corrected chi connectivity index (χ0v) is 10.7. The van der Waals surface area contributed by atoms with E-state index in [4.69, 9.17) is 4.74 Å². The van der Waals surface area contributed by atoms with Crippen LogP contribution in [0, 0.1) is 0 Å². The molecule has 2 rings (SSSR count). The Morgan fingerprint density at radius 2 is 2.44 bits per heavy atom. The van der Waals surface area contributed by atoms with E-state index in [0.29, 0.717) is 37.8 Å². The van der Waals surface area contributed by atoms with Crippen LogP contribution < -0.4 is 10.9 Å². The second-order valence-corrected chi connectivity index (χ2v) is 5.05. The molecule has 1 aliphatic heterocycles. The lowest BCUT2D eigenvalue weighted by Gasteiger charge is -2.21. The predicted molar refractivity (Wildman–Crippen MR) is 67.8 cm³/mol. The quantitative estimate of drug-likeness (QED) is 0.725. The zero-order chi connectivity index (χ0) is 13.2. The maximum atomic E-state index is 11.5. The highest BCUT2D eigenvalue weighted by Gasteiger charge is 2.32. The second kappa shape index (κ2) is 5.07. The highest BCUT2D eigenvalue weighted by molar-refractivity contribution is 5.34. The molecule has 3 N–H and O–H groups in total. The summed E-state index contributed by atoms with van der Waals surface area (Å²) in [7, 11) is 0. The Morgan fingerprint density at radius 3 is 3.06 bits per heavy atom. The van der Waals surface area contributed by atoms with Gasteiger partial charge in [-0.3, -0.25) is 4.79 Å². The van der Waals surface area contributed by atoms with Crippen molar-refractivity contribution in [3.63, 3.8) is 0 Å². The summed E-state index contributed by atoms with van der Waals surface area (Å²) in [4.78, 5) is 18.5. The van der Waals surface area contributed by atoms with Crippen molar-refractivity contribution in [2.45, 2.75) is 31.8 Å². The number of hydrogen-bond acceptors (Lipinski definition) is 5. The first-order valence-corrected chi connectivity index (χ1v) is 6.14. The molecule has 2 heterocycles. The van der Waals surface area contributed by atoms with Crippen LogP contribution >= 0.6 is 0 Å². The number of anilines is 1. The number of H-pyrrole nitrogens is 1. The lowest BCUT2D eigenvalue weighted by molar-refractivity contribution is 0.0381. The van der Waals surface area contributed by atoms with Gasteiger partial charge in [0.2, 0.25) is 0 Å². The molecule has 0 amide bonds. The number of aromatic amines is 1. The minimum absolute atomic E-state index is 0.150. The van der Waals surface area contributed by atoms with Gasteiger partial charge in [-0.05, 0) is 0 Å². The van der Waals surface area contributed by atoms with E-state index in [0.717, 1.165) is 0 Å². The van der Waals surface area contributed by atoms with Crippen molar-refractivity contribution in [3.8, 4) is 0 Å². The van der Waals surface area contributed by atoms with Gasteiger partial charge < -0.3 is 20.1 Å². The number of aromatic nitrogens is 2. The lowest BCUT2D eigenvalue weighted by atomic mass is 10.0. The van der Waals surface area contributed by atoms with Crippen LogP contribution in [0.1, 0.15) is 32.0 Å². The van der Waals surface area contributed by atoms with Crippen molar-refractivity contribution >= 4 is 5.82 Å². The Labute approximate surface area is 105 Å². The van der Waals surface area contributed by atoms with E-state index in [1.165, 1.54) is 6.07 Å². The van der Waals surface area contributed by atoms with Gasteiger partial charge >= 0.3 is 0 Å². The van der Waals surface area contributed by atoms with Gasteiger partial charge in [0, 0.05) is 31.6 Å². The summed E-state index contributed by atoms with van der Waals surface area (Å²) < 4.78 is 5.16. The monoisotopic (exact) mass is 253 g/mol. The molecule has 0 spiro atoms. The summed E-state index contributed by atoms with van der Waals surface area (Å²) in [5.41, 5.74) is -1.05. The SMILES string of the molecule is CC(C)c1nc(NCC2(O)CCOC2)cc(=O)[nH]1. The molecule has 100 valence electrons. The van der Waals surface area contributed by atoms with E-state index in [2.05, 4.69) is 15.3 Å². The van der Waals surface area contributed by atoms with Crippen LogP contribution in [-0.2, 0) is 4.74 Å². The Morgan fingerprint density at radius 1 is 1.67 bits per heavy atom. The third-order valence-corrected chi connectivity index (χ3v) is 2.99. The fraction of sp³-hybridized carbons (Fsp3) is 0.667. The summed E-state index contributed by atoms with van der Waals surface area (Å²) in [5, 5.41) is 13.1. The van der Waals surface area contributed by atoms with Crippen LogP contribution in [0.4, 0.5) is 5.82 Å². The van der Waals surface area contributed by atoms with Gasteiger partial charge in [-0.1, -0.05) is 13.8 Å². The molecular formula is C12H19N3O3. The van der Waals surface area contributed by atoms with Crippen molar-refractivity contribution in [1.82, 2.24) is 9.97 Å². The number of nitrogens with zero attached hydrogens (tertiary/aromatic N) is 1. The largest absolute Gasteiger partial charge is 0.386 e. The molecule has 6 heteroatoms. The average Bonchev–Trinajstić information content (AvgIpc) is 2.73. The van der Waals surface area contributed by atoms with Crippen molar-refractivity contribution in [3.05, 3.63) is 22.2 Å². The van der Waals surface area contributed by atoms with Gasteiger partial charge in [-0.25, -0.2) is 4.98 Å².